The van der Waals surface area contributed by atoms with Gasteiger partial charge >= 0.3 is 0 Å². The molecule has 0 aromatic heterocycles. The first-order valence-electron chi connectivity index (χ1n) is 11.8. The number of hydrogen-bond acceptors (Lipinski definition) is 5. The summed E-state index contributed by atoms with van der Waals surface area (Å²) >= 11 is 3.27. The van der Waals surface area contributed by atoms with Crippen molar-refractivity contribution in [3.05, 3.63) is 34.3 Å². The molecule has 0 radical (unpaired) electrons. The monoisotopic (exact) mass is 572 g/mol. The number of halogens is 2. The number of carbonyl (C=O) groups is 4. The predicted molar refractivity (Wildman–Crippen MR) is 142 cm³/mol. The van der Waals surface area contributed by atoms with Crippen LogP contribution in [0.2, 0.25) is 0 Å². The van der Waals surface area contributed by atoms with Crippen molar-refractivity contribution in [3.8, 4) is 0 Å². The molecule has 3 amide bonds. The van der Waals surface area contributed by atoms with Gasteiger partial charge in [-0.1, -0.05) is 49.2 Å². The highest BCUT2D eigenvalue weighted by Gasteiger charge is 2.34. The summed E-state index contributed by atoms with van der Waals surface area (Å²) < 4.78 is 12.9. The highest BCUT2D eigenvalue weighted by atomic mass is 79.9. The first-order chi connectivity index (χ1) is 17.1. The Bertz CT molecular complexity index is 880. The van der Waals surface area contributed by atoms with E-state index in [9.17, 15) is 23.6 Å². The smallest absolute Gasteiger partial charge is 0.251 e. The van der Waals surface area contributed by atoms with Crippen LogP contribution in [0, 0.1) is 0 Å². The fraction of sp³-hybridized carbons (Fsp3) is 0.542. The molecule has 12 heteroatoms. The first-order valence-corrected chi connectivity index (χ1v) is 12.6. The SMILES string of the molecule is CCC.CCCN=C(N)N.O=C(CF)CNC(=O)C1CCCN1C(=O)CNC(=O)c1cccc(Br)c1. The van der Waals surface area contributed by atoms with Gasteiger partial charge in [-0.05, 0) is 37.5 Å². The maximum Gasteiger partial charge on any atom is 0.251 e. The van der Waals surface area contributed by atoms with Crippen LogP contribution < -0.4 is 22.1 Å². The maximum absolute atomic E-state index is 12.4. The molecule has 2 rings (SSSR count). The fourth-order valence-electron chi connectivity index (χ4n) is 2.92. The molecule has 1 aromatic carbocycles. The number of ketones is 1. The number of guanidine groups is 1. The Morgan fingerprint density at radius 1 is 1.14 bits per heavy atom. The number of hydrogen-bond donors (Lipinski definition) is 4. The third-order valence-corrected chi connectivity index (χ3v) is 4.98. The topological polar surface area (TPSA) is 160 Å². The maximum atomic E-state index is 12.4. The Kier molecular flexibility index (Phi) is 17.6. The van der Waals surface area contributed by atoms with Crippen molar-refractivity contribution in [2.24, 2.45) is 16.5 Å². The highest BCUT2D eigenvalue weighted by molar-refractivity contribution is 9.10. The van der Waals surface area contributed by atoms with Gasteiger partial charge in [0.1, 0.15) is 12.7 Å². The molecule has 0 saturated carbocycles. The summed E-state index contributed by atoms with van der Waals surface area (Å²) in [6.07, 6.45) is 3.35. The molecule has 1 atom stereocenters. The molecule has 1 unspecified atom stereocenters. The number of carbonyl (C=O) groups excluding carboxylic acids is 4. The molecule has 1 saturated heterocycles. The summed E-state index contributed by atoms with van der Waals surface area (Å²) in [6.45, 7) is 5.62. The largest absolute Gasteiger partial charge is 0.370 e. The molecule has 1 aliphatic rings. The summed E-state index contributed by atoms with van der Waals surface area (Å²) in [6, 6.07) is 6.04. The van der Waals surface area contributed by atoms with Crippen molar-refractivity contribution in [2.45, 2.75) is 52.5 Å². The molecule has 0 aliphatic carbocycles. The molecule has 6 N–H and O–H groups in total. The van der Waals surface area contributed by atoms with Gasteiger partial charge in [0.2, 0.25) is 11.8 Å². The van der Waals surface area contributed by atoms with E-state index >= 15 is 0 Å². The number of benzene rings is 1. The molecule has 1 aromatic rings. The molecule has 0 spiro atoms. The number of amides is 3. The number of nitrogens with two attached hydrogens (primary N) is 2. The zero-order valence-electron chi connectivity index (χ0n) is 21.2. The lowest BCUT2D eigenvalue weighted by Gasteiger charge is -2.24. The average molecular weight is 574 g/mol. The summed E-state index contributed by atoms with van der Waals surface area (Å²) in [7, 11) is 0. The van der Waals surface area contributed by atoms with Crippen LogP contribution in [-0.2, 0) is 14.4 Å². The van der Waals surface area contributed by atoms with Gasteiger partial charge in [0.15, 0.2) is 11.7 Å². The van der Waals surface area contributed by atoms with Crippen molar-refractivity contribution < 1.29 is 23.6 Å². The second-order valence-corrected chi connectivity index (χ2v) is 8.76. The zero-order chi connectivity index (χ0) is 27.5. The third kappa shape index (κ3) is 13.8. The normalized spacial score (nSPS) is 13.8. The number of nitrogens with zero attached hydrogens (tertiary/aromatic N) is 2. The standard InChI is InChI=1S/C17H19BrFN3O4.C4H11N3.C3H8/c18-12-4-1-3-11(7-12)16(25)21-10-15(24)22-6-2-5-14(22)17(26)20-9-13(23)8-19;1-2-3-7-4(5)6;1-3-2/h1,3-4,7,14H,2,5-6,8-10H2,(H,20,26)(H,21,25);2-3H2,1H3,(H4,5,6,7);3H2,1-2H3. The fourth-order valence-corrected chi connectivity index (χ4v) is 3.32. The van der Waals surface area contributed by atoms with Gasteiger partial charge in [-0.25, -0.2) is 4.39 Å². The summed E-state index contributed by atoms with van der Waals surface area (Å²) in [4.78, 5) is 52.6. The van der Waals surface area contributed by atoms with Crippen LogP contribution in [0.15, 0.2) is 33.7 Å². The molecule has 202 valence electrons. The van der Waals surface area contributed by atoms with E-state index in [1.807, 2.05) is 6.92 Å². The van der Waals surface area contributed by atoms with Crippen molar-refractivity contribution in [1.82, 2.24) is 15.5 Å². The van der Waals surface area contributed by atoms with Crippen molar-refractivity contribution in [1.29, 1.82) is 0 Å². The van der Waals surface area contributed by atoms with Gasteiger partial charge in [-0.3, -0.25) is 24.2 Å². The molecular weight excluding hydrogens is 535 g/mol. The van der Waals surface area contributed by atoms with E-state index in [-0.39, 0.29) is 18.4 Å². The van der Waals surface area contributed by atoms with E-state index in [0.717, 1.165) is 17.4 Å². The zero-order valence-corrected chi connectivity index (χ0v) is 22.8. The van der Waals surface area contributed by atoms with E-state index in [2.05, 4.69) is 45.4 Å². The molecule has 1 fully saturated rings. The number of Topliss-reactive ketones (excluding diaryl/α,β-unsaturated/α-hetero) is 1. The van der Waals surface area contributed by atoms with Gasteiger partial charge < -0.3 is 27.0 Å². The predicted octanol–water partition coefficient (Wildman–Crippen LogP) is 1.91. The minimum Gasteiger partial charge on any atom is -0.370 e. The van der Waals surface area contributed by atoms with Crippen LogP contribution in [0.25, 0.3) is 0 Å². The molecule has 10 nitrogen and oxygen atoms in total. The van der Waals surface area contributed by atoms with E-state index in [0.29, 0.717) is 24.9 Å². The van der Waals surface area contributed by atoms with Gasteiger partial charge in [-0.15, -0.1) is 0 Å². The highest BCUT2D eigenvalue weighted by Crippen LogP contribution is 2.17. The van der Waals surface area contributed by atoms with Crippen LogP contribution in [-0.4, -0.2) is 73.3 Å². The average Bonchev–Trinajstić information content (AvgIpc) is 3.35. The van der Waals surface area contributed by atoms with Crippen molar-refractivity contribution in [3.63, 3.8) is 0 Å². The number of rotatable bonds is 9. The Morgan fingerprint density at radius 2 is 1.81 bits per heavy atom. The summed E-state index contributed by atoms with van der Waals surface area (Å²) in [5.41, 5.74) is 10.4. The van der Waals surface area contributed by atoms with Crippen LogP contribution in [0.1, 0.15) is 56.8 Å². The van der Waals surface area contributed by atoms with E-state index in [1.54, 1.807) is 24.3 Å². The molecular formula is C24H38BrFN6O4. The minimum absolute atomic E-state index is 0.182. The minimum atomic E-state index is -1.14. The first kappa shape index (κ1) is 33.0. The lowest BCUT2D eigenvalue weighted by atomic mass is 10.2. The van der Waals surface area contributed by atoms with Crippen LogP contribution in [0.3, 0.4) is 0 Å². The van der Waals surface area contributed by atoms with Crippen LogP contribution in [0.5, 0.6) is 0 Å². The Labute approximate surface area is 220 Å². The van der Waals surface area contributed by atoms with Crippen molar-refractivity contribution in [2.75, 3.05) is 32.9 Å². The second kappa shape index (κ2) is 19.2. The second-order valence-electron chi connectivity index (χ2n) is 7.84. The Balaban J connectivity index is 0.00000104. The van der Waals surface area contributed by atoms with E-state index in [1.165, 1.54) is 11.3 Å². The number of nitrogens with one attached hydrogen (secondary N) is 2. The van der Waals surface area contributed by atoms with Crippen LogP contribution in [0.4, 0.5) is 4.39 Å². The Hall–Kier alpha value is -3.02. The van der Waals surface area contributed by atoms with Gasteiger partial charge in [0, 0.05) is 23.1 Å². The van der Waals surface area contributed by atoms with E-state index in [4.69, 9.17) is 11.5 Å². The van der Waals surface area contributed by atoms with Crippen LogP contribution >= 0.6 is 15.9 Å². The molecule has 36 heavy (non-hydrogen) atoms. The van der Waals surface area contributed by atoms with Gasteiger partial charge in [0.25, 0.3) is 5.91 Å². The number of aliphatic imine (C=N–C) groups is 1. The number of likely N-dealkylation sites (tertiary alicyclic amines) is 1. The Morgan fingerprint density at radius 3 is 2.33 bits per heavy atom. The quantitative estimate of drug-likeness (QED) is 0.261. The molecule has 1 heterocycles. The lowest BCUT2D eigenvalue weighted by molar-refractivity contribution is -0.138. The lowest BCUT2D eigenvalue weighted by Crippen LogP contribution is -2.49. The van der Waals surface area contributed by atoms with Gasteiger partial charge in [0.05, 0.1) is 13.1 Å². The third-order valence-electron chi connectivity index (χ3n) is 4.49. The van der Waals surface area contributed by atoms with Crippen molar-refractivity contribution >= 4 is 45.4 Å². The number of alkyl halides is 1. The van der Waals surface area contributed by atoms with Gasteiger partial charge in [-0.2, -0.15) is 0 Å². The molecule has 1 aliphatic heterocycles. The molecule has 0 bridgehead atoms. The van der Waals surface area contributed by atoms with E-state index < -0.39 is 36.9 Å². The summed E-state index contributed by atoms with van der Waals surface area (Å²) in [5, 5.41) is 4.88. The summed E-state index contributed by atoms with van der Waals surface area (Å²) in [5.74, 6) is -1.82.